The van der Waals surface area contributed by atoms with Gasteiger partial charge in [-0.3, -0.25) is 9.59 Å². The van der Waals surface area contributed by atoms with Crippen molar-refractivity contribution in [3.8, 4) is 0 Å². The van der Waals surface area contributed by atoms with E-state index in [0.717, 1.165) is 4.90 Å². The fourth-order valence-electron chi connectivity index (χ4n) is 3.83. The van der Waals surface area contributed by atoms with E-state index in [9.17, 15) is 18.8 Å². The SMILES string of the molecule is CC(C)(C)OC(=O)N1CCN(c2cccc(F)c2N2C(=O)c3ccccc3C2=O)CC1. The average molecular weight is 425 g/mol. The second kappa shape index (κ2) is 7.68. The van der Waals surface area contributed by atoms with E-state index in [0.29, 0.717) is 31.9 Å². The standard InChI is InChI=1S/C23H24FN3O4/c1-23(2,3)31-22(30)26-13-11-25(12-14-26)18-10-6-9-17(24)19(18)27-20(28)15-7-4-5-8-16(15)21(27)29/h4-10H,11-14H2,1-3H3. The first kappa shape index (κ1) is 20.8. The van der Waals surface area contributed by atoms with Gasteiger partial charge in [-0.05, 0) is 45.0 Å². The molecule has 3 amide bonds. The molecule has 0 saturated carbocycles. The van der Waals surface area contributed by atoms with E-state index in [1.807, 2.05) is 25.7 Å². The molecule has 162 valence electrons. The number of benzene rings is 2. The summed E-state index contributed by atoms with van der Waals surface area (Å²) in [4.78, 5) is 42.6. The normalized spacial score (nSPS) is 16.6. The van der Waals surface area contributed by atoms with Crippen LogP contribution in [0.15, 0.2) is 42.5 Å². The van der Waals surface area contributed by atoms with Crippen molar-refractivity contribution in [3.05, 3.63) is 59.4 Å². The van der Waals surface area contributed by atoms with Crippen LogP contribution in [0.1, 0.15) is 41.5 Å². The maximum atomic E-state index is 15.0. The Morgan fingerprint density at radius 1 is 0.903 bits per heavy atom. The van der Waals surface area contributed by atoms with E-state index < -0.39 is 29.3 Å². The molecule has 0 spiro atoms. The van der Waals surface area contributed by atoms with Gasteiger partial charge in [-0.15, -0.1) is 0 Å². The Bertz CT molecular complexity index is 1020. The minimum absolute atomic E-state index is 0.0561. The van der Waals surface area contributed by atoms with Gasteiger partial charge in [0.05, 0.1) is 16.8 Å². The van der Waals surface area contributed by atoms with Crippen molar-refractivity contribution in [3.63, 3.8) is 0 Å². The van der Waals surface area contributed by atoms with Crippen LogP contribution in [0.5, 0.6) is 0 Å². The smallest absolute Gasteiger partial charge is 0.410 e. The summed E-state index contributed by atoms with van der Waals surface area (Å²) in [5.74, 6) is -1.74. The quantitative estimate of drug-likeness (QED) is 0.687. The Morgan fingerprint density at radius 2 is 1.48 bits per heavy atom. The second-order valence-corrected chi connectivity index (χ2v) is 8.55. The Balaban J connectivity index is 1.59. The van der Waals surface area contributed by atoms with Gasteiger partial charge in [0.2, 0.25) is 0 Å². The minimum atomic E-state index is -0.651. The molecule has 1 saturated heterocycles. The van der Waals surface area contributed by atoms with Gasteiger partial charge in [-0.1, -0.05) is 18.2 Å². The molecule has 31 heavy (non-hydrogen) atoms. The molecule has 2 aromatic rings. The van der Waals surface area contributed by atoms with E-state index in [4.69, 9.17) is 4.74 Å². The third-order valence-electron chi connectivity index (χ3n) is 5.26. The molecule has 2 aliphatic rings. The zero-order chi connectivity index (χ0) is 22.3. The number of imide groups is 1. The molecule has 0 N–H and O–H groups in total. The molecule has 7 nitrogen and oxygen atoms in total. The van der Waals surface area contributed by atoms with Crippen LogP contribution in [-0.2, 0) is 4.74 Å². The van der Waals surface area contributed by atoms with E-state index in [1.165, 1.54) is 6.07 Å². The average Bonchev–Trinajstić information content (AvgIpc) is 2.97. The number of ether oxygens (including phenoxy) is 1. The van der Waals surface area contributed by atoms with Crippen LogP contribution in [0, 0.1) is 5.82 Å². The number of nitrogens with zero attached hydrogens (tertiary/aromatic N) is 3. The molecule has 0 radical (unpaired) electrons. The van der Waals surface area contributed by atoms with E-state index in [2.05, 4.69) is 0 Å². The molecule has 0 unspecified atom stereocenters. The lowest BCUT2D eigenvalue weighted by molar-refractivity contribution is 0.0240. The van der Waals surface area contributed by atoms with Gasteiger partial charge < -0.3 is 14.5 Å². The highest BCUT2D eigenvalue weighted by molar-refractivity contribution is 6.35. The van der Waals surface area contributed by atoms with Gasteiger partial charge in [0.1, 0.15) is 17.1 Å². The lowest BCUT2D eigenvalue weighted by Crippen LogP contribution is -2.50. The Labute approximate surface area is 180 Å². The Morgan fingerprint density at radius 3 is 2.03 bits per heavy atom. The maximum Gasteiger partial charge on any atom is 0.410 e. The van der Waals surface area contributed by atoms with Gasteiger partial charge in [0, 0.05) is 26.2 Å². The fraction of sp³-hybridized carbons (Fsp3) is 0.348. The monoisotopic (exact) mass is 425 g/mol. The van der Waals surface area contributed by atoms with Crippen molar-refractivity contribution in [1.29, 1.82) is 0 Å². The molecule has 2 heterocycles. The summed E-state index contributed by atoms with van der Waals surface area (Å²) in [5.41, 5.74) is 0.320. The Kier molecular flexibility index (Phi) is 5.16. The number of piperazine rings is 1. The van der Waals surface area contributed by atoms with Crippen molar-refractivity contribution in [1.82, 2.24) is 4.90 Å². The lowest BCUT2D eigenvalue weighted by Gasteiger charge is -2.38. The largest absolute Gasteiger partial charge is 0.444 e. The van der Waals surface area contributed by atoms with Crippen molar-refractivity contribution in [2.75, 3.05) is 36.0 Å². The topological polar surface area (TPSA) is 70.2 Å². The fourth-order valence-corrected chi connectivity index (χ4v) is 3.83. The number of halogens is 1. The van der Waals surface area contributed by atoms with Crippen LogP contribution >= 0.6 is 0 Å². The van der Waals surface area contributed by atoms with Gasteiger partial charge in [-0.2, -0.15) is 0 Å². The zero-order valence-electron chi connectivity index (χ0n) is 17.7. The van der Waals surface area contributed by atoms with Gasteiger partial charge >= 0.3 is 6.09 Å². The van der Waals surface area contributed by atoms with Gasteiger partial charge in [-0.25, -0.2) is 14.1 Å². The van der Waals surface area contributed by atoms with Crippen molar-refractivity contribution in [2.24, 2.45) is 0 Å². The molecule has 0 aromatic heterocycles. The number of fused-ring (bicyclic) bond motifs is 1. The third-order valence-corrected chi connectivity index (χ3v) is 5.26. The van der Waals surface area contributed by atoms with Crippen molar-refractivity contribution in [2.45, 2.75) is 26.4 Å². The number of carbonyl (C=O) groups excluding carboxylic acids is 3. The summed E-state index contributed by atoms with van der Waals surface area (Å²) in [7, 11) is 0. The van der Waals surface area contributed by atoms with Crippen LogP contribution in [-0.4, -0.2) is 54.6 Å². The van der Waals surface area contributed by atoms with Gasteiger partial charge in [0.15, 0.2) is 0 Å². The summed E-state index contributed by atoms with van der Waals surface area (Å²) in [5, 5.41) is 0. The minimum Gasteiger partial charge on any atom is -0.444 e. The van der Waals surface area contributed by atoms with E-state index >= 15 is 0 Å². The molecular formula is C23H24FN3O4. The molecule has 2 aromatic carbocycles. The third kappa shape index (κ3) is 3.85. The number of carbonyl (C=O) groups is 3. The summed E-state index contributed by atoms with van der Waals surface area (Å²) < 4.78 is 20.4. The molecule has 8 heteroatoms. The molecule has 2 aliphatic heterocycles. The van der Waals surface area contributed by atoms with Crippen LogP contribution in [0.4, 0.5) is 20.6 Å². The molecule has 0 aliphatic carbocycles. The summed E-state index contributed by atoms with van der Waals surface area (Å²) >= 11 is 0. The highest BCUT2D eigenvalue weighted by Gasteiger charge is 2.40. The molecule has 0 atom stereocenters. The summed E-state index contributed by atoms with van der Waals surface area (Å²) in [6.07, 6.45) is -0.396. The van der Waals surface area contributed by atoms with Crippen LogP contribution in [0.2, 0.25) is 0 Å². The second-order valence-electron chi connectivity index (χ2n) is 8.55. The Hall–Kier alpha value is -3.42. The number of rotatable bonds is 2. The highest BCUT2D eigenvalue weighted by atomic mass is 19.1. The number of amides is 3. The van der Waals surface area contributed by atoms with Crippen LogP contribution < -0.4 is 9.80 Å². The molecular weight excluding hydrogens is 401 g/mol. The molecule has 4 rings (SSSR count). The summed E-state index contributed by atoms with van der Waals surface area (Å²) in [6, 6.07) is 10.9. The van der Waals surface area contributed by atoms with Crippen molar-refractivity contribution < 1.29 is 23.5 Å². The predicted molar refractivity (Wildman–Crippen MR) is 114 cm³/mol. The highest BCUT2D eigenvalue weighted by Crippen LogP contribution is 2.37. The van der Waals surface area contributed by atoms with Gasteiger partial charge in [0.25, 0.3) is 11.8 Å². The molecule has 0 bridgehead atoms. The number of hydrogen-bond acceptors (Lipinski definition) is 5. The first-order valence-corrected chi connectivity index (χ1v) is 10.2. The zero-order valence-corrected chi connectivity index (χ0v) is 17.7. The van der Waals surface area contributed by atoms with E-state index in [-0.39, 0.29) is 16.8 Å². The van der Waals surface area contributed by atoms with Crippen LogP contribution in [0.25, 0.3) is 0 Å². The predicted octanol–water partition coefficient (Wildman–Crippen LogP) is 3.68. The number of anilines is 2. The number of hydrogen-bond donors (Lipinski definition) is 0. The molecule has 1 fully saturated rings. The first-order valence-electron chi connectivity index (χ1n) is 10.2. The van der Waals surface area contributed by atoms with Crippen LogP contribution in [0.3, 0.4) is 0 Å². The van der Waals surface area contributed by atoms with E-state index in [1.54, 1.807) is 41.3 Å². The van der Waals surface area contributed by atoms with Crippen molar-refractivity contribution >= 4 is 29.3 Å². The first-order chi connectivity index (χ1) is 14.7. The summed E-state index contributed by atoms with van der Waals surface area (Å²) in [6.45, 7) is 7.02. The lowest BCUT2D eigenvalue weighted by atomic mass is 10.1. The maximum absolute atomic E-state index is 15.0. The number of para-hydroxylation sites is 1.